The van der Waals surface area contributed by atoms with Crippen molar-refractivity contribution in [2.75, 3.05) is 50.0 Å². The van der Waals surface area contributed by atoms with Gasteiger partial charge in [0.15, 0.2) is 11.5 Å². The lowest BCUT2D eigenvalue weighted by Gasteiger charge is -2.58. The van der Waals surface area contributed by atoms with Gasteiger partial charge in [0.2, 0.25) is 18.2 Å². The fraction of sp³-hybridized carbons (Fsp3) is 0.395. The fourth-order valence-electron chi connectivity index (χ4n) is 9.20. The molecular formula is C43H47ClF2N10O3. The summed E-state index contributed by atoms with van der Waals surface area (Å²) < 4.78 is 34.0. The number of hydrogen-bond acceptors (Lipinski definition) is 10. The van der Waals surface area contributed by atoms with E-state index in [1.54, 1.807) is 6.07 Å². The van der Waals surface area contributed by atoms with Gasteiger partial charge in [-0.05, 0) is 80.1 Å². The van der Waals surface area contributed by atoms with Gasteiger partial charge in [-0.15, -0.1) is 5.10 Å². The largest absolute Gasteiger partial charge is 0.385 e. The molecule has 7 heterocycles. The van der Waals surface area contributed by atoms with E-state index in [2.05, 4.69) is 55.4 Å². The summed E-state index contributed by atoms with van der Waals surface area (Å²) in [5.74, 6) is -3.23. The zero-order chi connectivity index (χ0) is 41.6. The van der Waals surface area contributed by atoms with Crippen LogP contribution in [0.3, 0.4) is 0 Å². The molecule has 3 fully saturated rings. The number of halogens is 3. The Morgan fingerprint density at radius 3 is 2.56 bits per heavy atom. The van der Waals surface area contributed by atoms with Gasteiger partial charge in [-0.25, -0.2) is 18.3 Å². The minimum atomic E-state index is -2.87. The first-order chi connectivity index (χ1) is 28.3. The summed E-state index contributed by atoms with van der Waals surface area (Å²) in [5, 5.41) is 11.0. The molecule has 13 nitrogen and oxygen atoms in total. The lowest BCUT2D eigenvalue weighted by molar-refractivity contribution is -0.230. The van der Waals surface area contributed by atoms with Crippen molar-refractivity contribution in [3.8, 4) is 11.3 Å². The zero-order valence-electron chi connectivity index (χ0n) is 33.2. The predicted octanol–water partition coefficient (Wildman–Crippen LogP) is 6.01. The van der Waals surface area contributed by atoms with Gasteiger partial charge in [-0.3, -0.25) is 34.5 Å². The second kappa shape index (κ2) is 15.9. The van der Waals surface area contributed by atoms with Crippen molar-refractivity contribution in [3.05, 3.63) is 100.0 Å². The van der Waals surface area contributed by atoms with Crippen LogP contribution in [0, 0.1) is 12.3 Å². The number of imide groups is 1. The summed E-state index contributed by atoms with van der Waals surface area (Å²) >= 11 is 6.49. The van der Waals surface area contributed by atoms with Gasteiger partial charge in [0.05, 0.1) is 41.1 Å². The van der Waals surface area contributed by atoms with Gasteiger partial charge in [0.25, 0.3) is 5.92 Å². The lowest BCUT2D eigenvalue weighted by atomic mass is 9.68. The zero-order valence-corrected chi connectivity index (χ0v) is 34.0. The number of alkyl halides is 2. The molecule has 2 unspecified atom stereocenters. The van der Waals surface area contributed by atoms with E-state index >= 15 is 8.78 Å². The maximum Gasteiger partial charge on any atom is 0.268 e. The number of nitrogens with zero attached hydrogens (tertiary/aromatic N) is 7. The van der Waals surface area contributed by atoms with Gasteiger partial charge >= 0.3 is 0 Å². The number of carbonyl (C=O) groups excluding carboxylic acids is 3. The van der Waals surface area contributed by atoms with Crippen molar-refractivity contribution in [2.24, 2.45) is 11.1 Å². The number of fused-ring (bicyclic) bond motifs is 2. The third-order valence-corrected chi connectivity index (χ3v) is 12.8. The van der Waals surface area contributed by atoms with Crippen molar-refractivity contribution < 1.29 is 23.2 Å². The van der Waals surface area contributed by atoms with Crippen LogP contribution in [0.15, 0.2) is 67.0 Å². The monoisotopic (exact) mass is 824 g/mol. The number of nitrogens with two attached hydrogens (primary N) is 1. The third-order valence-electron chi connectivity index (χ3n) is 12.5. The number of carbonyl (C=O) groups is 3. The summed E-state index contributed by atoms with van der Waals surface area (Å²) in [6, 6.07) is 17.6. The van der Waals surface area contributed by atoms with E-state index in [9.17, 15) is 9.59 Å². The van der Waals surface area contributed by atoms with Crippen LogP contribution in [0.4, 0.5) is 26.0 Å². The maximum atomic E-state index is 16.1. The second-order valence-electron chi connectivity index (χ2n) is 16.0. The SMILES string of the molecule is CNc1cc(N2CCc3c(-c4ccc(CN5CC6(CCN(C(C)c7ccc(Cl)c(C8CCC(=O)NC8=O)c7)CC6(F)F)C5)cn4)cccc32)nn2c(C)cnc12.NC=O. The number of aryl methyl sites for hydroxylation is 1. The Balaban J connectivity index is 0.00000157. The van der Waals surface area contributed by atoms with Gasteiger partial charge in [-0.2, -0.15) is 0 Å². The van der Waals surface area contributed by atoms with Crippen LogP contribution in [0.2, 0.25) is 5.02 Å². The molecular weight excluding hydrogens is 778 g/mol. The topological polar surface area (TPSA) is 154 Å². The fourth-order valence-corrected chi connectivity index (χ4v) is 9.45. The molecule has 0 aliphatic carbocycles. The molecule has 4 N–H and O–H groups in total. The minimum Gasteiger partial charge on any atom is -0.385 e. The smallest absolute Gasteiger partial charge is 0.268 e. The van der Waals surface area contributed by atoms with Crippen LogP contribution in [-0.2, 0) is 27.3 Å². The van der Waals surface area contributed by atoms with Gasteiger partial charge in [0.1, 0.15) is 0 Å². The summed E-state index contributed by atoms with van der Waals surface area (Å²) in [5.41, 5.74) is 12.5. The first-order valence-corrected chi connectivity index (χ1v) is 20.2. The van der Waals surface area contributed by atoms with Gasteiger partial charge in [0, 0.05) is 74.2 Å². The number of benzene rings is 2. The quantitative estimate of drug-likeness (QED) is 0.125. The van der Waals surface area contributed by atoms with E-state index in [1.807, 2.05) is 67.0 Å². The highest BCUT2D eigenvalue weighted by Crippen LogP contribution is 2.52. The second-order valence-corrected chi connectivity index (χ2v) is 16.4. The molecule has 0 saturated carbocycles. The highest BCUT2D eigenvalue weighted by atomic mass is 35.5. The Hall–Kier alpha value is -5.51. The van der Waals surface area contributed by atoms with E-state index in [4.69, 9.17) is 26.5 Å². The highest BCUT2D eigenvalue weighted by molar-refractivity contribution is 6.31. The molecule has 2 aromatic carbocycles. The summed E-state index contributed by atoms with van der Waals surface area (Å²) in [6.07, 6.45) is 5.81. The molecule has 4 aliphatic rings. The average Bonchev–Trinajstić information content (AvgIpc) is 3.82. The molecule has 16 heteroatoms. The molecule has 1 spiro atoms. The molecule has 9 rings (SSSR count). The predicted molar refractivity (Wildman–Crippen MR) is 222 cm³/mol. The molecule has 3 saturated heterocycles. The van der Waals surface area contributed by atoms with Crippen molar-refractivity contribution in [1.82, 2.24) is 34.7 Å². The Morgan fingerprint density at radius 1 is 1.05 bits per heavy atom. The highest BCUT2D eigenvalue weighted by Gasteiger charge is 2.62. The number of anilines is 3. The number of hydrogen-bond donors (Lipinski definition) is 3. The Labute approximate surface area is 345 Å². The Kier molecular flexibility index (Phi) is 10.9. The van der Waals surface area contributed by atoms with Crippen LogP contribution in [0.5, 0.6) is 0 Å². The lowest BCUT2D eigenvalue weighted by Crippen LogP contribution is -2.69. The molecule has 3 aromatic heterocycles. The molecule has 308 valence electrons. The number of piperidine rings is 2. The third kappa shape index (κ3) is 7.40. The Morgan fingerprint density at radius 2 is 1.85 bits per heavy atom. The number of nitrogens with one attached hydrogen (secondary N) is 2. The number of primary amides is 1. The van der Waals surface area contributed by atoms with Crippen molar-refractivity contribution in [2.45, 2.75) is 64.0 Å². The first kappa shape index (κ1) is 40.3. The van der Waals surface area contributed by atoms with E-state index in [-0.39, 0.29) is 37.2 Å². The molecule has 59 heavy (non-hydrogen) atoms. The number of aromatic nitrogens is 4. The van der Waals surface area contributed by atoms with E-state index in [1.165, 1.54) is 5.56 Å². The molecule has 3 amide bonds. The minimum absolute atomic E-state index is 0.239. The van der Waals surface area contributed by atoms with E-state index < -0.39 is 17.3 Å². The molecule has 4 aliphatic heterocycles. The summed E-state index contributed by atoms with van der Waals surface area (Å²) in [4.78, 5) is 48.4. The molecule has 0 radical (unpaired) electrons. The van der Waals surface area contributed by atoms with Gasteiger partial charge in [-0.1, -0.05) is 41.9 Å². The molecule has 2 atom stereocenters. The van der Waals surface area contributed by atoms with Gasteiger partial charge < -0.3 is 16.0 Å². The number of pyridine rings is 1. The summed E-state index contributed by atoms with van der Waals surface area (Å²) in [6.45, 7) is 6.16. The first-order valence-electron chi connectivity index (χ1n) is 19.9. The van der Waals surface area contributed by atoms with E-state index in [0.717, 1.165) is 63.9 Å². The number of amides is 3. The maximum absolute atomic E-state index is 16.1. The standard InChI is InChI=1S/C42H44ClF2N9O2.CH3NO/c1-25-19-48-39-35(46-3)18-37(50-54(25)39)53-15-13-30-29(5-4-6-36(30)53)34-11-7-27(20-47-34)21-51-22-41(23-51)14-16-52(24-42(41,44)45)26(2)28-8-10-33(43)32(17-28)31-9-12-38(55)49-40(31)56;2-1-3/h4-8,10-11,17-20,26,31,46H,9,12-16,21-24H2,1-3H3,(H,49,55,56);1H,(H2,2,3). The number of rotatable bonds is 8. The normalized spacial score (nSPS) is 20.4. The van der Waals surface area contributed by atoms with Crippen molar-refractivity contribution >= 4 is 52.7 Å². The number of imidazole rings is 1. The van der Waals surface area contributed by atoms with Crippen LogP contribution >= 0.6 is 11.6 Å². The molecule has 0 bridgehead atoms. The van der Waals surface area contributed by atoms with Crippen LogP contribution in [0.1, 0.15) is 66.1 Å². The van der Waals surface area contributed by atoms with E-state index in [0.29, 0.717) is 49.6 Å². The van der Waals surface area contributed by atoms with Crippen molar-refractivity contribution in [1.29, 1.82) is 0 Å². The molecule has 5 aromatic rings. The Bertz CT molecular complexity index is 2420. The van der Waals surface area contributed by atoms with Crippen LogP contribution in [0.25, 0.3) is 16.9 Å². The van der Waals surface area contributed by atoms with Crippen LogP contribution < -0.4 is 21.3 Å². The van der Waals surface area contributed by atoms with Crippen molar-refractivity contribution in [3.63, 3.8) is 0 Å². The van der Waals surface area contributed by atoms with Crippen LogP contribution in [-0.4, -0.2) is 93.3 Å². The summed E-state index contributed by atoms with van der Waals surface area (Å²) in [7, 11) is 1.89. The number of likely N-dealkylation sites (tertiary alicyclic amines) is 2. The average molecular weight is 825 g/mol.